The second-order valence-corrected chi connectivity index (χ2v) is 11.1. The smallest absolute Gasteiger partial charge is 0.306 e. The topological polar surface area (TPSA) is 105 Å². The predicted molar refractivity (Wildman–Crippen MR) is 123 cm³/mol. The van der Waals surface area contributed by atoms with Crippen LogP contribution in [0.5, 0.6) is 5.75 Å². The van der Waals surface area contributed by atoms with Crippen LogP contribution < -0.4 is 14.8 Å². The summed E-state index contributed by atoms with van der Waals surface area (Å²) in [6.07, 6.45) is -2.77. The maximum absolute atomic E-state index is 15.7. The van der Waals surface area contributed by atoms with E-state index in [1.165, 1.54) is 18.2 Å². The lowest BCUT2D eigenvalue weighted by molar-refractivity contribution is -0.137. The van der Waals surface area contributed by atoms with Gasteiger partial charge in [0.15, 0.2) is 11.6 Å². The zero-order valence-corrected chi connectivity index (χ0v) is 20.3. The molecule has 4 rings (SSSR count). The summed E-state index contributed by atoms with van der Waals surface area (Å²) < 4.78 is 105. The molecule has 1 aliphatic heterocycles. The van der Waals surface area contributed by atoms with Crippen LogP contribution in [0, 0.1) is 17.5 Å². The number of alkyl halides is 2. The molecule has 7 nitrogen and oxygen atoms in total. The van der Waals surface area contributed by atoms with E-state index in [-0.39, 0.29) is 48.9 Å². The summed E-state index contributed by atoms with van der Waals surface area (Å²) in [7, 11) is -4.47. The number of halogens is 5. The summed E-state index contributed by atoms with van der Waals surface area (Å²) in [6, 6.07) is 3.04. The number of carboxylic acid groups (broad SMARTS) is 1. The number of benzene rings is 2. The average Bonchev–Trinajstić information content (AvgIpc) is 3.58. The highest BCUT2D eigenvalue weighted by Crippen LogP contribution is 2.44. The number of aliphatic carboxylic acids is 1. The number of hydrogen-bond donors (Lipinski definition) is 3. The molecule has 2 aromatic carbocycles. The SMILES string of the molecule is O=C(O)CCOc1c(F)cc(F)cc1-c1cccc(C[C@@H]2NCC[C@H](F)[C@@H]2NS(=O)(=O)C2(F)CC2)c1F. The van der Waals surface area contributed by atoms with Crippen molar-refractivity contribution in [2.45, 2.75) is 55.4 Å². The summed E-state index contributed by atoms with van der Waals surface area (Å²) in [4.78, 5) is 10.8. The standard InChI is InChI=1S/C24H25F5N2O5S/c25-14-11-16(23(18(27)12-14)36-9-5-20(32)33)15-3-1-2-13(21(15)28)10-19-22(17(26)4-8-30-19)31-37(34,35)24(29)6-7-24/h1-3,11-12,17,19,22,30-31H,4-10H2,(H,32,33)/t17-,19-,22-/m0/s1. The first-order valence-electron chi connectivity index (χ1n) is 11.6. The van der Waals surface area contributed by atoms with Gasteiger partial charge in [-0.1, -0.05) is 18.2 Å². The summed E-state index contributed by atoms with van der Waals surface area (Å²) in [5.41, 5.74) is -0.574. The Kier molecular flexibility index (Phi) is 7.77. The summed E-state index contributed by atoms with van der Waals surface area (Å²) >= 11 is 0. The predicted octanol–water partition coefficient (Wildman–Crippen LogP) is 3.61. The van der Waals surface area contributed by atoms with Gasteiger partial charge in [0.1, 0.15) is 17.8 Å². The van der Waals surface area contributed by atoms with Gasteiger partial charge in [0.25, 0.3) is 0 Å². The quantitative estimate of drug-likeness (QED) is 0.392. The maximum Gasteiger partial charge on any atom is 0.306 e. The van der Waals surface area contributed by atoms with Gasteiger partial charge in [-0.15, -0.1) is 0 Å². The molecule has 2 aliphatic rings. The summed E-state index contributed by atoms with van der Waals surface area (Å²) in [5.74, 6) is -4.85. The lowest BCUT2D eigenvalue weighted by atomic mass is 9.90. The number of nitrogens with one attached hydrogen (secondary N) is 2. The van der Waals surface area contributed by atoms with E-state index < -0.39 is 75.5 Å². The molecule has 2 aromatic rings. The van der Waals surface area contributed by atoms with Crippen molar-refractivity contribution >= 4 is 16.0 Å². The van der Waals surface area contributed by atoms with Crippen molar-refractivity contribution < 1.29 is 45.0 Å². The fraction of sp³-hybridized carbons (Fsp3) is 0.458. The molecule has 202 valence electrons. The van der Waals surface area contributed by atoms with Crippen LogP contribution in [0.2, 0.25) is 0 Å². The third-order valence-electron chi connectivity index (χ3n) is 6.45. The monoisotopic (exact) mass is 548 g/mol. The van der Waals surface area contributed by atoms with E-state index in [0.29, 0.717) is 6.07 Å². The van der Waals surface area contributed by atoms with Gasteiger partial charge in [-0.25, -0.2) is 35.1 Å². The third-order valence-corrected chi connectivity index (χ3v) is 8.40. The highest BCUT2D eigenvalue weighted by molar-refractivity contribution is 7.91. The first kappa shape index (κ1) is 27.3. The molecule has 13 heteroatoms. The van der Waals surface area contributed by atoms with E-state index in [4.69, 9.17) is 9.84 Å². The maximum atomic E-state index is 15.7. The Morgan fingerprint density at radius 2 is 1.92 bits per heavy atom. The van der Waals surface area contributed by atoms with Crippen molar-refractivity contribution in [3.05, 3.63) is 53.3 Å². The van der Waals surface area contributed by atoms with Crippen LogP contribution in [0.4, 0.5) is 22.0 Å². The van der Waals surface area contributed by atoms with Crippen molar-refractivity contribution in [1.29, 1.82) is 0 Å². The number of hydrogen-bond acceptors (Lipinski definition) is 5. The highest BCUT2D eigenvalue weighted by atomic mass is 32.2. The molecule has 0 aromatic heterocycles. The van der Waals surface area contributed by atoms with Crippen LogP contribution in [0.25, 0.3) is 11.1 Å². The Morgan fingerprint density at radius 1 is 1.19 bits per heavy atom. The average molecular weight is 549 g/mol. The van der Waals surface area contributed by atoms with E-state index in [2.05, 4.69) is 10.0 Å². The summed E-state index contributed by atoms with van der Waals surface area (Å²) in [5, 5.41) is 9.29. The minimum absolute atomic E-state index is 0.0177. The number of piperidine rings is 1. The van der Waals surface area contributed by atoms with E-state index in [1.807, 2.05) is 0 Å². The minimum Gasteiger partial charge on any atom is -0.489 e. The van der Waals surface area contributed by atoms with E-state index >= 15 is 4.39 Å². The van der Waals surface area contributed by atoms with Gasteiger partial charge in [0.05, 0.1) is 19.1 Å². The Morgan fingerprint density at radius 3 is 2.59 bits per heavy atom. The summed E-state index contributed by atoms with van der Waals surface area (Å²) in [6.45, 7) is -0.281. The molecule has 0 unspecified atom stereocenters. The van der Waals surface area contributed by atoms with E-state index in [1.54, 1.807) is 0 Å². The second kappa shape index (κ2) is 10.5. The molecule has 3 atom stereocenters. The van der Waals surface area contributed by atoms with Crippen LogP contribution in [-0.2, 0) is 21.2 Å². The molecule has 0 bridgehead atoms. The van der Waals surface area contributed by atoms with Crippen molar-refractivity contribution in [3.63, 3.8) is 0 Å². The number of carboxylic acids is 1. The molecule has 1 aliphatic carbocycles. The Balaban J connectivity index is 1.63. The van der Waals surface area contributed by atoms with Crippen molar-refractivity contribution in [1.82, 2.24) is 10.0 Å². The Labute approximate surface area is 210 Å². The van der Waals surface area contributed by atoms with E-state index in [0.717, 1.165) is 6.07 Å². The number of carbonyl (C=O) groups is 1. The van der Waals surface area contributed by atoms with Gasteiger partial charge < -0.3 is 15.2 Å². The zero-order valence-electron chi connectivity index (χ0n) is 19.4. The zero-order chi connectivity index (χ0) is 27.0. The number of sulfonamides is 1. The van der Waals surface area contributed by atoms with Gasteiger partial charge in [-0.2, -0.15) is 0 Å². The Bertz CT molecular complexity index is 1290. The fourth-order valence-corrected chi connectivity index (χ4v) is 5.82. The minimum atomic E-state index is -4.47. The van der Waals surface area contributed by atoms with E-state index in [9.17, 15) is 30.8 Å². The van der Waals surface area contributed by atoms with Crippen molar-refractivity contribution in [3.8, 4) is 16.9 Å². The Hall–Kier alpha value is -2.77. The first-order valence-corrected chi connectivity index (χ1v) is 13.1. The van der Waals surface area contributed by atoms with Crippen LogP contribution in [0.3, 0.4) is 0 Å². The molecule has 1 saturated carbocycles. The molecule has 2 fully saturated rings. The van der Waals surface area contributed by atoms with Gasteiger partial charge in [-0.05, 0) is 31.0 Å². The van der Waals surface area contributed by atoms with Crippen molar-refractivity contribution in [2.24, 2.45) is 0 Å². The first-order chi connectivity index (χ1) is 17.4. The molecule has 37 heavy (non-hydrogen) atoms. The van der Waals surface area contributed by atoms with Crippen LogP contribution in [0.15, 0.2) is 30.3 Å². The largest absolute Gasteiger partial charge is 0.489 e. The van der Waals surface area contributed by atoms with Gasteiger partial charge in [0.2, 0.25) is 15.0 Å². The normalized spacial score (nSPS) is 23.0. The molecular formula is C24H25F5N2O5S. The molecule has 0 amide bonds. The molecule has 3 N–H and O–H groups in total. The highest BCUT2D eigenvalue weighted by Gasteiger charge is 2.57. The third kappa shape index (κ3) is 5.88. The molecule has 0 spiro atoms. The molecule has 1 saturated heterocycles. The lowest BCUT2D eigenvalue weighted by Crippen LogP contribution is -2.60. The molecule has 1 heterocycles. The van der Waals surface area contributed by atoms with Crippen LogP contribution >= 0.6 is 0 Å². The van der Waals surface area contributed by atoms with Gasteiger partial charge >= 0.3 is 5.97 Å². The fourth-order valence-electron chi connectivity index (χ4n) is 4.30. The second-order valence-electron chi connectivity index (χ2n) is 9.13. The number of rotatable bonds is 10. The van der Waals surface area contributed by atoms with Gasteiger partial charge in [-0.3, -0.25) is 4.79 Å². The lowest BCUT2D eigenvalue weighted by Gasteiger charge is -2.36. The van der Waals surface area contributed by atoms with Crippen LogP contribution in [0.1, 0.15) is 31.2 Å². The van der Waals surface area contributed by atoms with Crippen LogP contribution in [-0.4, -0.2) is 55.9 Å². The van der Waals surface area contributed by atoms with Crippen molar-refractivity contribution in [2.75, 3.05) is 13.2 Å². The van der Waals surface area contributed by atoms with Gasteiger partial charge in [0, 0.05) is 36.1 Å². The number of ether oxygens (including phenoxy) is 1. The molecular weight excluding hydrogens is 523 g/mol. The molecule has 0 radical (unpaired) electrons.